The molecule has 1 aromatic rings. The highest BCUT2D eigenvalue weighted by molar-refractivity contribution is 5.81. The molecule has 0 aliphatic rings. The van der Waals surface area contributed by atoms with Crippen molar-refractivity contribution in [1.29, 1.82) is 0 Å². The standard InChI is InChI=1S/C15H22O3/c1-4-6-7-9-13(14-10-8-11-17-14)12(3)18-15(16)5-2/h5,8,10-13H,2,4,6-7,9H2,1,3H3. The summed E-state index contributed by atoms with van der Waals surface area (Å²) in [4.78, 5) is 11.3. The molecular formula is C15H22O3. The van der Waals surface area contributed by atoms with E-state index in [0.717, 1.165) is 18.6 Å². The van der Waals surface area contributed by atoms with Crippen LogP contribution >= 0.6 is 0 Å². The Bertz CT molecular complexity index is 354. The van der Waals surface area contributed by atoms with Gasteiger partial charge in [-0.15, -0.1) is 0 Å². The first-order valence-corrected chi connectivity index (χ1v) is 6.55. The molecule has 1 aromatic heterocycles. The quantitative estimate of drug-likeness (QED) is 0.397. The maximum Gasteiger partial charge on any atom is 0.330 e. The number of carbonyl (C=O) groups is 1. The Labute approximate surface area is 109 Å². The number of hydrogen-bond donors (Lipinski definition) is 0. The zero-order chi connectivity index (χ0) is 13.4. The number of unbranched alkanes of at least 4 members (excludes halogenated alkanes) is 2. The van der Waals surface area contributed by atoms with Gasteiger partial charge in [-0.25, -0.2) is 4.79 Å². The van der Waals surface area contributed by atoms with Gasteiger partial charge in [0.15, 0.2) is 0 Å². The molecule has 0 amide bonds. The van der Waals surface area contributed by atoms with E-state index < -0.39 is 0 Å². The van der Waals surface area contributed by atoms with Crippen LogP contribution in [0.15, 0.2) is 35.5 Å². The van der Waals surface area contributed by atoms with Gasteiger partial charge in [-0.05, 0) is 25.5 Å². The molecule has 0 N–H and O–H groups in total. The molecule has 0 saturated carbocycles. The highest BCUT2D eigenvalue weighted by atomic mass is 16.5. The maximum atomic E-state index is 11.3. The van der Waals surface area contributed by atoms with Crippen molar-refractivity contribution < 1.29 is 13.9 Å². The molecule has 2 unspecified atom stereocenters. The topological polar surface area (TPSA) is 39.4 Å². The Kier molecular flexibility index (Phi) is 6.26. The van der Waals surface area contributed by atoms with Crippen LogP contribution in [0.4, 0.5) is 0 Å². The molecular weight excluding hydrogens is 228 g/mol. The second-order valence-electron chi connectivity index (χ2n) is 4.46. The summed E-state index contributed by atoms with van der Waals surface area (Å²) in [5.74, 6) is 0.625. The van der Waals surface area contributed by atoms with Gasteiger partial charge in [0.25, 0.3) is 0 Å². The summed E-state index contributed by atoms with van der Waals surface area (Å²) in [6.07, 6.45) is 7.08. The van der Waals surface area contributed by atoms with Gasteiger partial charge in [0, 0.05) is 6.08 Å². The highest BCUT2D eigenvalue weighted by Crippen LogP contribution is 2.28. The van der Waals surface area contributed by atoms with E-state index in [2.05, 4.69) is 13.5 Å². The van der Waals surface area contributed by atoms with Crippen LogP contribution in [0.3, 0.4) is 0 Å². The van der Waals surface area contributed by atoms with E-state index in [1.54, 1.807) is 6.26 Å². The fourth-order valence-electron chi connectivity index (χ4n) is 2.04. The lowest BCUT2D eigenvalue weighted by atomic mass is 9.94. The number of furan rings is 1. The zero-order valence-corrected chi connectivity index (χ0v) is 11.2. The minimum absolute atomic E-state index is 0.121. The first-order chi connectivity index (χ1) is 8.69. The summed E-state index contributed by atoms with van der Waals surface area (Å²) in [5, 5.41) is 0. The number of hydrogen-bond acceptors (Lipinski definition) is 3. The van der Waals surface area contributed by atoms with Crippen LogP contribution in [0.25, 0.3) is 0 Å². The molecule has 0 aliphatic heterocycles. The van der Waals surface area contributed by atoms with Crippen LogP contribution in [0.5, 0.6) is 0 Å². The Balaban J connectivity index is 2.64. The fraction of sp³-hybridized carbons (Fsp3) is 0.533. The molecule has 1 heterocycles. The molecule has 0 saturated heterocycles. The van der Waals surface area contributed by atoms with Gasteiger partial charge in [-0.2, -0.15) is 0 Å². The molecule has 0 fully saturated rings. The van der Waals surface area contributed by atoms with Crippen molar-refractivity contribution in [3.8, 4) is 0 Å². The number of esters is 1. The minimum Gasteiger partial charge on any atom is -0.469 e. The molecule has 0 aliphatic carbocycles. The van der Waals surface area contributed by atoms with E-state index in [9.17, 15) is 4.79 Å². The smallest absolute Gasteiger partial charge is 0.330 e. The van der Waals surface area contributed by atoms with E-state index in [4.69, 9.17) is 9.15 Å². The summed E-state index contributed by atoms with van der Waals surface area (Å²) in [6, 6.07) is 3.80. The molecule has 0 radical (unpaired) electrons. The van der Waals surface area contributed by atoms with Crippen LogP contribution < -0.4 is 0 Å². The Morgan fingerprint density at radius 2 is 2.33 bits per heavy atom. The van der Waals surface area contributed by atoms with Gasteiger partial charge in [-0.1, -0.05) is 32.8 Å². The maximum absolute atomic E-state index is 11.3. The van der Waals surface area contributed by atoms with Crippen molar-refractivity contribution in [3.63, 3.8) is 0 Å². The highest BCUT2D eigenvalue weighted by Gasteiger charge is 2.24. The Hall–Kier alpha value is -1.51. The average molecular weight is 250 g/mol. The fourth-order valence-corrected chi connectivity index (χ4v) is 2.04. The molecule has 1 rings (SSSR count). The number of ether oxygens (including phenoxy) is 1. The van der Waals surface area contributed by atoms with Crippen molar-refractivity contribution in [2.24, 2.45) is 0 Å². The number of rotatable bonds is 8. The third-order valence-electron chi connectivity index (χ3n) is 3.06. The third kappa shape index (κ3) is 4.40. The van der Waals surface area contributed by atoms with Crippen molar-refractivity contribution in [1.82, 2.24) is 0 Å². The van der Waals surface area contributed by atoms with Crippen LogP contribution in [-0.2, 0) is 9.53 Å². The second kappa shape index (κ2) is 7.75. The van der Waals surface area contributed by atoms with Crippen LogP contribution in [-0.4, -0.2) is 12.1 Å². The summed E-state index contributed by atoms with van der Waals surface area (Å²) >= 11 is 0. The predicted molar refractivity (Wildman–Crippen MR) is 71.3 cm³/mol. The lowest BCUT2D eigenvalue weighted by molar-refractivity contribution is -0.143. The molecule has 18 heavy (non-hydrogen) atoms. The largest absolute Gasteiger partial charge is 0.469 e. The zero-order valence-electron chi connectivity index (χ0n) is 11.2. The normalized spacial score (nSPS) is 13.9. The van der Waals surface area contributed by atoms with Gasteiger partial charge < -0.3 is 9.15 Å². The number of carbonyl (C=O) groups excluding carboxylic acids is 1. The van der Waals surface area contributed by atoms with Crippen LogP contribution in [0.2, 0.25) is 0 Å². The lowest BCUT2D eigenvalue weighted by Gasteiger charge is -2.21. The predicted octanol–water partition coefficient (Wildman–Crippen LogP) is 4.06. The molecule has 3 heteroatoms. The molecule has 0 spiro atoms. The van der Waals surface area contributed by atoms with Gasteiger partial charge in [0.2, 0.25) is 0 Å². The van der Waals surface area contributed by atoms with E-state index in [0.29, 0.717) is 0 Å². The molecule has 0 aromatic carbocycles. The Morgan fingerprint density at radius 3 is 2.89 bits per heavy atom. The Morgan fingerprint density at radius 1 is 1.56 bits per heavy atom. The van der Waals surface area contributed by atoms with Crippen molar-refractivity contribution in [2.75, 3.05) is 0 Å². The van der Waals surface area contributed by atoms with Gasteiger partial charge in [0.05, 0.1) is 12.2 Å². The monoisotopic (exact) mass is 250 g/mol. The molecule has 0 bridgehead atoms. The van der Waals surface area contributed by atoms with Crippen molar-refractivity contribution in [3.05, 3.63) is 36.8 Å². The van der Waals surface area contributed by atoms with E-state index in [1.165, 1.54) is 18.9 Å². The minimum atomic E-state index is -0.380. The van der Waals surface area contributed by atoms with Crippen molar-refractivity contribution >= 4 is 5.97 Å². The summed E-state index contributed by atoms with van der Waals surface area (Å²) in [5.41, 5.74) is 0. The van der Waals surface area contributed by atoms with E-state index in [-0.39, 0.29) is 18.0 Å². The summed E-state index contributed by atoms with van der Waals surface area (Å²) < 4.78 is 10.7. The first kappa shape index (κ1) is 14.6. The molecule has 100 valence electrons. The van der Waals surface area contributed by atoms with Crippen LogP contribution in [0.1, 0.15) is 51.2 Å². The van der Waals surface area contributed by atoms with Gasteiger partial charge in [-0.3, -0.25) is 0 Å². The third-order valence-corrected chi connectivity index (χ3v) is 3.06. The van der Waals surface area contributed by atoms with Crippen LogP contribution in [0, 0.1) is 0 Å². The van der Waals surface area contributed by atoms with Gasteiger partial charge >= 0.3 is 5.97 Å². The SMILES string of the molecule is C=CC(=O)OC(C)C(CCCCC)c1ccco1. The first-order valence-electron chi connectivity index (χ1n) is 6.55. The summed E-state index contributed by atoms with van der Waals surface area (Å²) in [6.45, 7) is 7.49. The average Bonchev–Trinajstić information content (AvgIpc) is 2.87. The molecule has 2 atom stereocenters. The van der Waals surface area contributed by atoms with Gasteiger partial charge in [0.1, 0.15) is 11.9 Å². The van der Waals surface area contributed by atoms with E-state index in [1.807, 2.05) is 19.1 Å². The second-order valence-corrected chi connectivity index (χ2v) is 4.46. The van der Waals surface area contributed by atoms with E-state index >= 15 is 0 Å². The summed E-state index contributed by atoms with van der Waals surface area (Å²) in [7, 11) is 0. The lowest BCUT2D eigenvalue weighted by Crippen LogP contribution is -2.21. The molecule has 3 nitrogen and oxygen atoms in total. The van der Waals surface area contributed by atoms with Crippen molar-refractivity contribution in [2.45, 2.75) is 51.6 Å².